The summed E-state index contributed by atoms with van der Waals surface area (Å²) in [5.74, 6) is -0.907. The Morgan fingerprint density at radius 3 is 2.19 bits per heavy atom. The van der Waals surface area contributed by atoms with E-state index < -0.39 is 22.0 Å². The third kappa shape index (κ3) is 7.68. The van der Waals surface area contributed by atoms with Gasteiger partial charge in [0, 0.05) is 19.1 Å². The quantitative estimate of drug-likeness (QED) is 0.587. The molecule has 1 amide bonds. The highest BCUT2D eigenvalue weighted by molar-refractivity contribution is 7.89. The molecular formula is C19H26ClN3O3S. The molecule has 4 N–H and O–H groups in total. The van der Waals surface area contributed by atoms with Gasteiger partial charge in [0.15, 0.2) is 0 Å². The van der Waals surface area contributed by atoms with Gasteiger partial charge in [0.05, 0.1) is 11.7 Å². The summed E-state index contributed by atoms with van der Waals surface area (Å²) in [5.41, 5.74) is 7.86. The van der Waals surface area contributed by atoms with Crippen molar-refractivity contribution >= 4 is 28.3 Å². The van der Waals surface area contributed by atoms with Crippen molar-refractivity contribution in [3.8, 4) is 0 Å². The fourth-order valence-electron chi connectivity index (χ4n) is 2.46. The Morgan fingerprint density at radius 1 is 1.04 bits per heavy atom. The van der Waals surface area contributed by atoms with E-state index in [0.717, 1.165) is 11.1 Å². The number of halogens is 1. The Bertz CT molecular complexity index is 801. The average molecular weight is 412 g/mol. The lowest BCUT2D eigenvalue weighted by Crippen LogP contribution is -2.39. The van der Waals surface area contributed by atoms with Gasteiger partial charge in [0.2, 0.25) is 15.9 Å². The molecule has 0 aliphatic carbocycles. The number of nitrogens with two attached hydrogens (primary N) is 1. The van der Waals surface area contributed by atoms with Crippen LogP contribution in [0, 0.1) is 5.92 Å². The van der Waals surface area contributed by atoms with Gasteiger partial charge in [-0.25, -0.2) is 13.1 Å². The summed E-state index contributed by atoms with van der Waals surface area (Å²) in [6.07, 6.45) is 0. The van der Waals surface area contributed by atoms with Gasteiger partial charge in [0.25, 0.3) is 0 Å². The lowest BCUT2D eigenvalue weighted by molar-refractivity contribution is -0.125. The van der Waals surface area contributed by atoms with E-state index in [2.05, 4.69) is 10.0 Å². The molecule has 2 aromatic rings. The summed E-state index contributed by atoms with van der Waals surface area (Å²) in [6, 6.07) is 18.2. The van der Waals surface area contributed by atoms with Gasteiger partial charge in [-0.1, -0.05) is 67.6 Å². The highest BCUT2D eigenvalue weighted by atomic mass is 35.5. The Hall–Kier alpha value is -1.93. The van der Waals surface area contributed by atoms with E-state index >= 15 is 0 Å². The second-order valence-corrected chi connectivity index (χ2v) is 8.07. The zero-order valence-electron chi connectivity index (χ0n) is 15.2. The van der Waals surface area contributed by atoms with Gasteiger partial charge < -0.3 is 11.1 Å². The molecule has 0 saturated heterocycles. The molecule has 0 aliphatic heterocycles. The van der Waals surface area contributed by atoms with Crippen LogP contribution in [0.3, 0.4) is 0 Å². The number of benzene rings is 2. The minimum absolute atomic E-state index is 0. The summed E-state index contributed by atoms with van der Waals surface area (Å²) in [4.78, 5) is 12.2. The van der Waals surface area contributed by atoms with Crippen LogP contribution in [0.4, 0.5) is 0 Å². The van der Waals surface area contributed by atoms with E-state index in [4.69, 9.17) is 5.73 Å². The monoisotopic (exact) mass is 411 g/mol. The van der Waals surface area contributed by atoms with E-state index in [9.17, 15) is 13.2 Å². The maximum atomic E-state index is 12.2. The minimum Gasteiger partial charge on any atom is -0.355 e. The van der Waals surface area contributed by atoms with Crippen molar-refractivity contribution in [2.24, 2.45) is 11.7 Å². The van der Waals surface area contributed by atoms with E-state index in [0.29, 0.717) is 0 Å². The molecule has 2 rings (SSSR count). The summed E-state index contributed by atoms with van der Waals surface area (Å²) in [6.45, 7) is 2.00. The third-order valence-corrected chi connectivity index (χ3v) is 5.47. The molecule has 0 bridgehead atoms. The number of amides is 1. The average Bonchev–Trinajstić information content (AvgIpc) is 2.66. The third-order valence-electron chi connectivity index (χ3n) is 4.15. The first kappa shape index (κ1) is 23.1. The minimum atomic E-state index is -3.47. The van der Waals surface area contributed by atoms with Crippen LogP contribution in [0.2, 0.25) is 0 Å². The van der Waals surface area contributed by atoms with Crippen LogP contribution in [0.5, 0.6) is 0 Å². The predicted octanol–water partition coefficient (Wildman–Crippen LogP) is 1.98. The molecular weight excluding hydrogens is 386 g/mol. The van der Waals surface area contributed by atoms with Crippen molar-refractivity contribution in [2.45, 2.75) is 19.5 Å². The Morgan fingerprint density at radius 2 is 1.59 bits per heavy atom. The number of carbonyl (C=O) groups excluding carboxylic acids is 1. The van der Waals surface area contributed by atoms with Crippen LogP contribution >= 0.6 is 12.4 Å². The predicted molar refractivity (Wildman–Crippen MR) is 110 cm³/mol. The largest absolute Gasteiger partial charge is 0.355 e. The van der Waals surface area contributed by atoms with Crippen molar-refractivity contribution in [1.82, 2.24) is 10.0 Å². The number of hydrogen-bond donors (Lipinski definition) is 3. The zero-order valence-corrected chi connectivity index (χ0v) is 16.8. The van der Waals surface area contributed by atoms with Crippen molar-refractivity contribution in [3.05, 3.63) is 71.8 Å². The number of hydrogen-bond acceptors (Lipinski definition) is 4. The van der Waals surface area contributed by atoms with Crippen molar-refractivity contribution in [3.63, 3.8) is 0 Å². The molecule has 0 spiro atoms. The van der Waals surface area contributed by atoms with Gasteiger partial charge in [-0.05, 0) is 11.1 Å². The molecule has 27 heavy (non-hydrogen) atoms. The first-order valence-corrected chi connectivity index (χ1v) is 10.1. The molecule has 6 nitrogen and oxygen atoms in total. The summed E-state index contributed by atoms with van der Waals surface area (Å²) < 4.78 is 26.6. The van der Waals surface area contributed by atoms with Crippen LogP contribution in [0.15, 0.2) is 60.7 Å². The fourth-order valence-corrected chi connectivity index (χ4v) is 3.36. The topological polar surface area (TPSA) is 101 Å². The van der Waals surface area contributed by atoms with Crippen molar-refractivity contribution in [2.75, 3.05) is 12.3 Å². The molecule has 2 unspecified atom stereocenters. The molecule has 0 aliphatic rings. The fraction of sp³-hybridized carbons (Fsp3) is 0.316. The molecule has 0 heterocycles. The van der Waals surface area contributed by atoms with Crippen LogP contribution < -0.4 is 15.8 Å². The first-order valence-electron chi connectivity index (χ1n) is 8.48. The van der Waals surface area contributed by atoms with E-state index in [1.54, 1.807) is 6.92 Å². The van der Waals surface area contributed by atoms with Crippen molar-refractivity contribution < 1.29 is 13.2 Å². The molecule has 0 saturated carbocycles. The van der Waals surface area contributed by atoms with Gasteiger partial charge in [0.1, 0.15) is 0 Å². The number of sulfonamides is 1. The Kier molecular flexibility index (Phi) is 9.45. The lowest BCUT2D eigenvalue weighted by atomic mass is 9.95. The normalized spacial score (nSPS) is 13.3. The smallest absolute Gasteiger partial charge is 0.224 e. The maximum absolute atomic E-state index is 12.2. The van der Waals surface area contributed by atoms with E-state index in [1.807, 2.05) is 60.7 Å². The molecule has 0 fully saturated rings. The summed E-state index contributed by atoms with van der Waals surface area (Å²) in [7, 11) is -3.47. The maximum Gasteiger partial charge on any atom is 0.224 e. The van der Waals surface area contributed by atoms with Gasteiger partial charge in [-0.15, -0.1) is 12.4 Å². The van der Waals surface area contributed by atoms with E-state index in [-0.39, 0.29) is 37.2 Å². The summed E-state index contributed by atoms with van der Waals surface area (Å²) >= 11 is 0. The van der Waals surface area contributed by atoms with Gasteiger partial charge in [-0.3, -0.25) is 4.79 Å². The second kappa shape index (κ2) is 11.0. The van der Waals surface area contributed by atoms with Crippen molar-refractivity contribution in [1.29, 1.82) is 0 Å². The number of nitrogens with one attached hydrogen (secondary N) is 2. The van der Waals surface area contributed by atoms with Crippen LogP contribution in [0.25, 0.3) is 0 Å². The van der Waals surface area contributed by atoms with Gasteiger partial charge >= 0.3 is 0 Å². The van der Waals surface area contributed by atoms with Crippen LogP contribution in [0.1, 0.15) is 24.1 Å². The molecule has 2 atom stereocenters. The Balaban J connectivity index is 0.00000364. The highest BCUT2D eigenvalue weighted by Crippen LogP contribution is 2.18. The second-order valence-electron chi connectivity index (χ2n) is 6.14. The first-order chi connectivity index (χ1) is 12.4. The standard InChI is InChI=1S/C19H25N3O3S.ClH/c1-15(18(20)17-10-6-3-7-11-17)19(23)21-12-13-26(24,25)22-14-16-8-4-2-5-9-16;/h2-11,15,18,22H,12-14,20H2,1H3,(H,21,23);1H. The molecule has 148 valence electrons. The number of rotatable bonds is 9. The van der Waals surface area contributed by atoms with E-state index in [1.165, 1.54) is 0 Å². The lowest BCUT2D eigenvalue weighted by Gasteiger charge is -2.19. The molecule has 0 radical (unpaired) electrons. The van der Waals surface area contributed by atoms with Crippen LogP contribution in [-0.2, 0) is 21.4 Å². The summed E-state index contributed by atoms with van der Waals surface area (Å²) in [5, 5.41) is 2.65. The molecule has 2 aromatic carbocycles. The molecule has 0 aromatic heterocycles. The SMILES string of the molecule is CC(C(=O)NCCS(=O)(=O)NCc1ccccc1)C(N)c1ccccc1.Cl. The number of carbonyl (C=O) groups is 1. The van der Waals surface area contributed by atoms with Crippen LogP contribution in [-0.4, -0.2) is 26.6 Å². The Labute approximate surface area is 167 Å². The van der Waals surface area contributed by atoms with Gasteiger partial charge in [-0.2, -0.15) is 0 Å². The highest BCUT2D eigenvalue weighted by Gasteiger charge is 2.22. The zero-order chi connectivity index (χ0) is 19.0. The molecule has 8 heteroatoms.